The normalized spacial score (nSPS) is 15.3. The van der Waals surface area contributed by atoms with E-state index in [0.717, 1.165) is 5.56 Å². The van der Waals surface area contributed by atoms with Crippen molar-refractivity contribution in [1.82, 2.24) is 4.57 Å². The van der Waals surface area contributed by atoms with E-state index in [4.69, 9.17) is 9.47 Å². The molecule has 0 spiro atoms. The number of anilines is 1. The summed E-state index contributed by atoms with van der Waals surface area (Å²) in [7, 11) is -2.17. The van der Waals surface area contributed by atoms with Crippen LogP contribution in [0.1, 0.15) is 16.7 Å². The Morgan fingerprint density at radius 2 is 1.86 bits per heavy atom. The van der Waals surface area contributed by atoms with Gasteiger partial charge in [-0.2, -0.15) is 0 Å². The number of hydrogen-bond donors (Lipinski definition) is 4. The highest BCUT2D eigenvalue weighted by atomic mass is 32.3. The van der Waals surface area contributed by atoms with Crippen LogP contribution in [-0.2, 0) is 22.6 Å². The van der Waals surface area contributed by atoms with Crippen LogP contribution in [0.2, 0.25) is 0 Å². The highest BCUT2D eigenvalue weighted by Gasteiger charge is 2.33. The number of thiophene rings is 1. The van der Waals surface area contributed by atoms with E-state index >= 15 is 0 Å². The zero-order valence-electron chi connectivity index (χ0n) is 18.7. The quantitative estimate of drug-likeness (QED) is 0.206. The van der Waals surface area contributed by atoms with Gasteiger partial charge < -0.3 is 24.5 Å². The molecule has 3 heterocycles. The van der Waals surface area contributed by atoms with Crippen molar-refractivity contribution in [3.63, 3.8) is 0 Å². The number of ether oxygens (including phenoxy) is 2. The number of pyridine rings is 1. The van der Waals surface area contributed by atoms with Gasteiger partial charge in [-0.1, -0.05) is 53.2 Å². The zero-order chi connectivity index (χ0) is 24.6. The molecule has 0 saturated carbocycles. The number of amidine groups is 1. The Balaban J connectivity index is 1.63. The molecule has 1 aliphatic heterocycles. The lowest BCUT2D eigenvalue weighted by molar-refractivity contribution is -0.0396. The Morgan fingerprint density at radius 3 is 2.63 bits per heavy atom. The first kappa shape index (κ1) is 23.5. The molecular weight excluding hydrogens is 490 g/mol. The maximum atomic E-state index is 13.7. The molecule has 2 aromatic carbocycles. The SMILES string of the molecule is COCOCc1csc2c1S(O)(O)N=C(c1c(O)c3ccccc3n(Cc3ccccc3)c1=O)N2. The van der Waals surface area contributed by atoms with Gasteiger partial charge in [0.15, 0.2) is 5.84 Å². The first-order chi connectivity index (χ1) is 16.9. The molecular formula is C24H23N3O6S2. The first-order valence-electron chi connectivity index (χ1n) is 10.6. The number of benzene rings is 2. The highest BCUT2D eigenvalue weighted by Crippen LogP contribution is 2.59. The van der Waals surface area contributed by atoms with Gasteiger partial charge in [0.1, 0.15) is 28.0 Å². The molecule has 35 heavy (non-hydrogen) atoms. The van der Waals surface area contributed by atoms with Crippen molar-refractivity contribution in [2.24, 2.45) is 4.40 Å². The summed E-state index contributed by atoms with van der Waals surface area (Å²) in [6, 6.07) is 16.5. The topological polar surface area (TPSA) is 126 Å². The minimum absolute atomic E-state index is 0.0532. The maximum Gasteiger partial charge on any atom is 0.266 e. The lowest BCUT2D eigenvalue weighted by atomic mass is 10.1. The van der Waals surface area contributed by atoms with Crippen LogP contribution < -0.4 is 10.9 Å². The molecule has 1 aliphatic rings. The van der Waals surface area contributed by atoms with Crippen molar-refractivity contribution in [3.8, 4) is 5.75 Å². The standard InChI is InChI=1S/C24H23N3O6S2/c1-32-14-33-12-16-13-34-23-21(16)35(30,31)26-22(25-23)19-20(28)17-9-5-6-10-18(17)27(24(19)29)11-15-7-3-2-4-8-15/h2-10,13,28,30-31H,11-12,14H2,1H3,(H,25,26). The molecule has 5 rings (SSSR count). The molecule has 0 fully saturated rings. The molecule has 0 unspecified atom stereocenters. The molecule has 11 heteroatoms. The molecule has 4 aromatic rings. The molecule has 182 valence electrons. The van der Waals surface area contributed by atoms with Crippen LogP contribution in [0.25, 0.3) is 10.9 Å². The third-order valence-electron chi connectivity index (χ3n) is 5.57. The third-order valence-corrected chi connectivity index (χ3v) is 8.09. The Kier molecular flexibility index (Phi) is 6.36. The van der Waals surface area contributed by atoms with Crippen LogP contribution in [0.3, 0.4) is 0 Å². The van der Waals surface area contributed by atoms with E-state index in [1.54, 1.807) is 34.2 Å². The minimum Gasteiger partial charge on any atom is -0.506 e. The Morgan fingerprint density at radius 1 is 1.11 bits per heavy atom. The minimum atomic E-state index is -3.67. The predicted octanol–water partition coefficient (Wildman–Crippen LogP) is 4.83. The fourth-order valence-electron chi connectivity index (χ4n) is 4.04. The summed E-state index contributed by atoms with van der Waals surface area (Å²) in [5, 5.41) is 16.7. The van der Waals surface area contributed by atoms with Crippen LogP contribution in [0.5, 0.6) is 5.75 Å². The van der Waals surface area contributed by atoms with Gasteiger partial charge in [0.2, 0.25) is 0 Å². The lowest BCUT2D eigenvalue weighted by Crippen LogP contribution is -2.32. The van der Waals surface area contributed by atoms with Gasteiger partial charge in [-0.3, -0.25) is 13.9 Å². The summed E-state index contributed by atoms with van der Waals surface area (Å²) in [5.74, 6) is -0.376. The van der Waals surface area contributed by atoms with Crippen LogP contribution in [0.15, 0.2) is 74.1 Å². The number of para-hydroxylation sites is 1. The Hall–Kier alpha value is -3.19. The second-order valence-electron chi connectivity index (χ2n) is 7.88. The molecule has 0 aliphatic carbocycles. The summed E-state index contributed by atoms with van der Waals surface area (Å²) < 4.78 is 37.7. The van der Waals surface area contributed by atoms with Crippen LogP contribution in [0, 0.1) is 0 Å². The van der Waals surface area contributed by atoms with Gasteiger partial charge in [-0.05, 0) is 17.7 Å². The van der Waals surface area contributed by atoms with E-state index in [-0.39, 0.29) is 42.0 Å². The monoisotopic (exact) mass is 513 g/mol. The van der Waals surface area contributed by atoms with Gasteiger partial charge in [0.05, 0.1) is 18.7 Å². The Bertz CT molecular complexity index is 1480. The largest absolute Gasteiger partial charge is 0.506 e. The van der Waals surface area contributed by atoms with Crippen molar-refractivity contribution < 1.29 is 23.7 Å². The second kappa shape index (κ2) is 9.46. The van der Waals surface area contributed by atoms with Gasteiger partial charge in [-0.25, -0.2) is 0 Å². The van der Waals surface area contributed by atoms with Gasteiger partial charge in [0, 0.05) is 23.4 Å². The fraction of sp³-hybridized carbons (Fsp3) is 0.167. The van der Waals surface area contributed by atoms with Gasteiger partial charge in [-0.15, -0.1) is 15.7 Å². The fourth-order valence-corrected chi connectivity index (χ4v) is 6.69. The predicted molar refractivity (Wildman–Crippen MR) is 138 cm³/mol. The summed E-state index contributed by atoms with van der Waals surface area (Å²) in [5.41, 5.74) is 1.38. The molecule has 4 N–H and O–H groups in total. The first-order valence-corrected chi connectivity index (χ1v) is 13.0. The van der Waals surface area contributed by atoms with Gasteiger partial charge >= 0.3 is 0 Å². The summed E-state index contributed by atoms with van der Waals surface area (Å²) in [6.07, 6.45) is 0. The maximum absolute atomic E-state index is 13.7. The van der Waals surface area contributed by atoms with E-state index in [2.05, 4.69) is 9.71 Å². The molecule has 9 nitrogen and oxygen atoms in total. The lowest BCUT2D eigenvalue weighted by Gasteiger charge is -2.33. The van der Waals surface area contributed by atoms with E-state index in [0.29, 0.717) is 21.5 Å². The smallest absolute Gasteiger partial charge is 0.266 e. The molecule has 2 aromatic heterocycles. The average molecular weight is 514 g/mol. The number of fused-ring (bicyclic) bond motifs is 2. The van der Waals surface area contributed by atoms with Crippen LogP contribution in [-0.4, -0.2) is 38.5 Å². The van der Waals surface area contributed by atoms with E-state index in [9.17, 15) is 19.0 Å². The molecule has 0 saturated heterocycles. The van der Waals surface area contributed by atoms with Gasteiger partial charge in [0.25, 0.3) is 5.56 Å². The Labute approximate surface area is 206 Å². The third kappa shape index (κ3) is 4.33. The summed E-state index contributed by atoms with van der Waals surface area (Å²) >= 11 is 1.23. The number of aromatic hydroxyl groups is 1. The second-order valence-corrected chi connectivity index (χ2v) is 10.4. The number of nitrogens with zero attached hydrogens (tertiary/aromatic N) is 2. The summed E-state index contributed by atoms with van der Waals surface area (Å²) in [6.45, 7) is 0.424. The number of methoxy groups -OCH3 is 1. The average Bonchev–Trinajstić information content (AvgIpc) is 3.26. The molecule has 0 atom stereocenters. The van der Waals surface area contributed by atoms with E-state index in [1.165, 1.54) is 18.4 Å². The van der Waals surface area contributed by atoms with Crippen molar-refractivity contribution in [2.75, 3.05) is 19.2 Å². The van der Waals surface area contributed by atoms with Crippen LogP contribution in [0.4, 0.5) is 5.00 Å². The number of aromatic nitrogens is 1. The summed E-state index contributed by atoms with van der Waals surface area (Å²) in [4.78, 5) is 13.9. The van der Waals surface area contributed by atoms with Crippen molar-refractivity contribution in [2.45, 2.75) is 18.0 Å². The van der Waals surface area contributed by atoms with Crippen molar-refractivity contribution in [1.29, 1.82) is 0 Å². The van der Waals surface area contributed by atoms with Crippen LogP contribution >= 0.6 is 22.1 Å². The molecule has 0 amide bonds. The van der Waals surface area contributed by atoms with E-state index in [1.807, 2.05) is 30.3 Å². The van der Waals surface area contributed by atoms with E-state index < -0.39 is 16.3 Å². The highest BCUT2D eigenvalue weighted by molar-refractivity contribution is 8.23. The molecule has 0 radical (unpaired) electrons. The van der Waals surface area contributed by atoms with Crippen molar-refractivity contribution in [3.05, 3.63) is 87.0 Å². The van der Waals surface area contributed by atoms with Crippen molar-refractivity contribution >= 4 is 43.9 Å². The zero-order valence-corrected chi connectivity index (χ0v) is 20.3. The number of rotatable bonds is 7. The number of hydrogen-bond acceptors (Lipinski definition) is 9. The number of nitrogens with one attached hydrogen (secondary N) is 1. The molecule has 0 bridgehead atoms.